The summed E-state index contributed by atoms with van der Waals surface area (Å²) in [6, 6.07) is 5.52. The second-order valence-corrected chi connectivity index (χ2v) is 8.26. The highest BCUT2D eigenvalue weighted by atomic mass is 127. The fourth-order valence-electron chi connectivity index (χ4n) is 2.64. The standard InChI is InChI=1S/C21H33N5O4.HI/c1-21(2,3)25-18(27)14-23-20(22-10-9-19(28)26(4)5)24-15-7-8-16-17(13-15)30-12-6-11-29-16;/h7-8,13H,6,9-12,14H2,1-5H3,(H,25,27)(H2,22,23,24);1H. The molecule has 0 atom stereocenters. The van der Waals surface area contributed by atoms with Gasteiger partial charge in [-0.25, -0.2) is 4.99 Å². The van der Waals surface area contributed by atoms with Gasteiger partial charge in [0.15, 0.2) is 17.5 Å². The quantitative estimate of drug-likeness (QED) is 0.287. The number of rotatable bonds is 6. The van der Waals surface area contributed by atoms with Gasteiger partial charge in [-0.1, -0.05) is 0 Å². The number of guanidine groups is 1. The smallest absolute Gasteiger partial charge is 0.242 e. The molecule has 174 valence electrons. The van der Waals surface area contributed by atoms with Gasteiger partial charge in [0.1, 0.15) is 6.54 Å². The van der Waals surface area contributed by atoms with Crippen molar-refractivity contribution in [3.63, 3.8) is 0 Å². The topological polar surface area (TPSA) is 104 Å². The number of ether oxygens (including phenoxy) is 2. The van der Waals surface area contributed by atoms with Crippen molar-refractivity contribution in [2.45, 2.75) is 39.2 Å². The molecule has 2 amide bonds. The number of aliphatic imine (C=N–C) groups is 1. The molecule has 0 aromatic heterocycles. The van der Waals surface area contributed by atoms with E-state index in [1.54, 1.807) is 14.1 Å². The lowest BCUT2D eigenvalue weighted by Gasteiger charge is -2.20. The second-order valence-electron chi connectivity index (χ2n) is 8.26. The number of hydrogen-bond donors (Lipinski definition) is 3. The van der Waals surface area contributed by atoms with Crippen LogP contribution in [0.4, 0.5) is 5.69 Å². The van der Waals surface area contributed by atoms with Gasteiger partial charge in [-0.15, -0.1) is 24.0 Å². The molecule has 0 unspecified atom stereocenters. The summed E-state index contributed by atoms with van der Waals surface area (Å²) in [6.07, 6.45) is 1.14. The van der Waals surface area contributed by atoms with Crippen LogP contribution in [0.1, 0.15) is 33.6 Å². The monoisotopic (exact) mass is 547 g/mol. The third-order valence-electron chi connectivity index (χ3n) is 4.04. The average Bonchev–Trinajstić information content (AvgIpc) is 2.89. The van der Waals surface area contributed by atoms with Crippen LogP contribution in [-0.2, 0) is 9.59 Å². The highest BCUT2D eigenvalue weighted by Gasteiger charge is 2.15. The molecule has 1 aromatic rings. The van der Waals surface area contributed by atoms with Gasteiger partial charge in [0.25, 0.3) is 0 Å². The minimum Gasteiger partial charge on any atom is -0.490 e. The SMILES string of the molecule is CN(C)C(=O)CCNC(=NCC(=O)NC(C)(C)C)Nc1ccc2c(c1)OCCCO2.I. The van der Waals surface area contributed by atoms with Crippen molar-refractivity contribution in [2.75, 3.05) is 45.7 Å². The lowest BCUT2D eigenvalue weighted by Crippen LogP contribution is -2.42. The van der Waals surface area contributed by atoms with Gasteiger partial charge in [0.2, 0.25) is 11.8 Å². The number of nitrogens with zero attached hydrogens (tertiary/aromatic N) is 2. The van der Waals surface area contributed by atoms with Crippen LogP contribution in [0.5, 0.6) is 11.5 Å². The summed E-state index contributed by atoms with van der Waals surface area (Å²) in [7, 11) is 3.42. The highest BCUT2D eigenvalue weighted by Crippen LogP contribution is 2.32. The molecule has 1 heterocycles. The summed E-state index contributed by atoms with van der Waals surface area (Å²) >= 11 is 0. The maximum atomic E-state index is 12.1. The zero-order valence-electron chi connectivity index (χ0n) is 18.9. The number of hydrogen-bond acceptors (Lipinski definition) is 5. The predicted octanol–water partition coefficient (Wildman–Crippen LogP) is 2.22. The number of carbonyl (C=O) groups is 2. The summed E-state index contributed by atoms with van der Waals surface area (Å²) in [5.74, 6) is 1.57. The van der Waals surface area contributed by atoms with Crippen LogP contribution >= 0.6 is 24.0 Å². The Bertz CT molecular complexity index is 778. The van der Waals surface area contributed by atoms with E-state index in [-0.39, 0.29) is 47.9 Å². The molecule has 0 spiro atoms. The molecule has 0 saturated heterocycles. The lowest BCUT2D eigenvalue weighted by molar-refractivity contribution is -0.128. The van der Waals surface area contributed by atoms with Crippen molar-refractivity contribution in [3.05, 3.63) is 18.2 Å². The van der Waals surface area contributed by atoms with E-state index in [1.807, 2.05) is 39.0 Å². The highest BCUT2D eigenvalue weighted by molar-refractivity contribution is 14.0. The van der Waals surface area contributed by atoms with Gasteiger partial charge in [-0.05, 0) is 32.9 Å². The van der Waals surface area contributed by atoms with E-state index in [0.29, 0.717) is 43.6 Å². The summed E-state index contributed by atoms with van der Waals surface area (Å²) in [6.45, 7) is 7.29. The third-order valence-corrected chi connectivity index (χ3v) is 4.04. The number of carbonyl (C=O) groups excluding carboxylic acids is 2. The Morgan fingerprint density at radius 1 is 1.13 bits per heavy atom. The molecule has 0 saturated carbocycles. The molecular weight excluding hydrogens is 513 g/mol. The van der Waals surface area contributed by atoms with Crippen LogP contribution < -0.4 is 25.4 Å². The number of anilines is 1. The zero-order chi connectivity index (χ0) is 22.1. The molecular formula is C21H34IN5O4. The van der Waals surface area contributed by atoms with Crippen LogP contribution in [0, 0.1) is 0 Å². The van der Waals surface area contributed by atoms with Gasteiger partial charge < -0.3 is 30.3 Å². The summed E-state index contributed by atoms with van der Waals surface area (Å²) in [5, 5.41) is 9.15. The number of halogens is 1. The molecule has 0 bridgehead atoms. The van der Waals surface area contributed by atoms with E-state index in [1.165, 1.54) is 4.90 Å². The largest absolute Gasteiger partial charge is 0.490 e. The number of fused-ring (bicyclic) bond motifs is 1. The van der Waals surface area contributed by atoms with Crippen molar-refractivity contribution >= 4 is 47.4 Å². The van der Waals surface area contributed by atoms with Gasteiger partial charge in [-0.2, -0.15) is 0 Å². The Morgan fingerprint density at radius 2 is 1.81 bits per heavy atom. The molecule has 3 N–H and O–H groups in total. The Labute approximate surface area is 201 Å². The molecule has 1 aliphatic rings. The lowest BCUT2D eigenvalue weighted by atomic mass is 10.1. The molecule has 9 nitrogen and oxygen atoms in total. The molecule has 10 heteroatoms. The Balaban J connectivity index is 0.00000480. The van der Waals surface area contributed by atoms with Gasteiger partial charge in [0, 0.05) is 50.8 Å². The van der Waals surface area contributed by atoms with E-state index in [0.717, 1.165) is 12.1 Å². The van der Waals surface area contributed by atoms with E-state index >= 15 is 0 Å². The Hall–Kier alpha value is -2.24. The van der Waals surface area contributed by atoms with Crippen molar-refractivity contribution in [3.8, 4) is 11.5 Å². The van der Waals surface area contributed by atoms with Crippen molar-refractivity contribution in [2.24, 2.45) is 4.99 Å². The summed E-state index contributed by atoms with van der Waals surface area (Å²) < 4.78 is 11.4. The first kappa shape index (κ1) is 26.8. The minimum atomic E-state index is -0.333. The minimum absolute atomic E-state index is 0. The maximum absolute atomic E-state index is 12.1. The van der Waals surface area contributed by atoms with Gasteiger partial charge >= 0.3 is 0 Å². The molecule has 0 fully saturated rings. The fraction of sp³-hybridized carbons (Fsp3) is 0.571. The van der Waals surface area contributed by atoms with Crippen molar-refractivity contribution < 1.29 is 19.1 Å². The molecule has 0 aliphatic carbocycles. The van der Waals surface area contributed by atoms with Crippen molar-refractivity contribution in [1.29, 1.82) is 0 Å². The third kappa shape index (κ3) is 10.1. The average molecular weight is 547 g/mol. The fourth-order valence-corrected chi connectivity index (χ4v) is 2.64. The first-order valence-corrected chi connectivity index (χ1v) is 10.1. The predicted molar refractivity (Wildman–Crippen MR) is 133 cm³/mol. The first-order valence-electron chi connectivity index (χ1n) is 10.1. The first-order chi connectivity index (χ1) is 14.1. The Morgan fingerprint density at radius 3 is 2.45 bits per heavy atom. The number of benzene rings is 1. The van der Waals surface area contributed by atoms with Crippen LogP contribution in [0.25, 0.3) is 0 Å². The van der Waals surface area contributed by atoms with Crippen LogP contribution in [0.2, 0.25) is 0 Å². The number of nitrogens with one attached hydrogen (secondary N) is 3. The van der Waals surface area contributed by atoms with E-state index in [2.05, 4.69) is 20.9 Å². The van der Waals surface area contributed by atoms with Crippen LogP contribution in [0.15, 0.2) is 23.2 Å². The normalized spacial score (nSPS) is 13.4. The van der Waals surface area contributed by atoms with E-state index in [9.17, 15) is 9.59 Å². The van der Waals surface area contributed by atoms with Crippen LogP contribution in [0.3, 0.4) is 0 Å². The zero-order valence-corrected chi connectivity index (χ0v) is 21.2. The molecule has 1 aliphatic heterocycles. The number of amides is 2. The molecule has 31 heavy (non-hydrogen) atoms. The maximum Gasteiger partial charge on any atom is 0.242 e. The summed E-state index contributed by atoms with van der Waals surface area (Å²) in [5.41, 5.74) is 0.403. The summed E-state index contributed by atoms with van der Waals surface area (Å²) in [4.78, 5) is 29.9. The molecule has 1 aromatic carbocycles. The Kier molecular flexibility index (Phi) is 10.9. The van der Waals surface area contributed by atoms with E-state index < -0.39 is 0 Å². The van der Waals surface area contributed by atoms with Gasteiger partial charge in [-0.3, -0.25) is 9.59 Å². The molecule has 2 rings (SSSR count). The van der Waals surface area contributed by atoms with Crippen LogP contribution in [-0.4, -0.2) is 68.6 Å². The van der Waals surface area contributed by atoms with Gasteiger partial charge in [0.05, 0.1) is 13.2 Å². The van der Waals surface area contributed by atoms with Crippen molar-refractivity contribution in [1.82, 2.24) is 15.5 Å². The molecule has 0 radical (unpaired) electrons. The van der Waals surface area contributed by atoms with E-state index in [4.69, 9.17) is 9.47 Å². The second kappa shape index (κ2) is 12.6.